The van der Waals surface area contributed by atoms with Gasteiger partial charge in [-0.3, -0.25) is 0 Å². The molecule has 25 heavy (non-hydrogen) atoms. The quantitative estimate of drug-likeness (QED) is 0.602. The lowest BCUT2D eigenvalue weighted by Crippen LogP contribution is -2.35. The molecular weight excluding hydrogens is 316 g/mol. The molecule has 4 rings (SSSR count). The van der Waals surface area contributed by atoms with Gasteiger partial charge in [-0.05, 0) is 31.2 Å². The number of carbonyl (C=O) groups is 1. The SMILES string of the molecule is Cc1nc2ccccc2n1CCNC(=O)Nn1cnc2ccccc21. The number of rotatable bonds is 4. The van der Waals surface area contributed by atoms with Gasteiger partial charge >= 0.3 is 6.03 Å². The molecule has 0 radical (unpaired) electrons. The molecule has 7 nitrogen and oxygen atoms in total. The van der Waals surface area contributed by atoms with Crippen molar-refractivity contribution in [1.82, 2.24) is 24.5 Å². The zero-order chi connectivity index (χ0) is 17.2. The number of aryl methyl sites for hydroxylation is 1. The second kappa shape index (κ2) is 6.27. The van der Waals surface area contributed by atoms with E-state index in [0.29, 0.717) is 13.1 Å². The first-order chi connectivity index (χ1) is 12.2. The molecule has 126 valence electrons. The lowest BCUT2D eigenvalue weighted by atomic mass is 10.3. The first kappa shape index (κ1) is 15.2. The summed E-state index contributed by atoms with van der Waals surface area (Å²) >= 11 is 0. The van der Waals surface area contributed by atoms with Crippen LogP contribution in [0.4, 0.5) is 4.79 Å². The molecule has 2 aromatic carbocycles. The molecule has 0 fully saturated rings. The number of urea groups is 1. The summed E-state index contributed by atoms with van der Waals surface area (Å²) in [6.07, 6.45) is 1.60. The summed E-state index contributed by atoms with van der Waals surface area (Å²) in [6, 6.07) is 15.3. The maximum atomic E-state index is 12.1. The summed E-state index contributed by atoms with van der Waals surface area (Å²) < 4.78 is 3.71. The molecule has 0 unspecified atom stereocenters. The van der Waals surface area contributed by atoms with Crippen LogP contribution in [-0.2, 0) is 6.54 Å². The molecule has 7 heteroatoms. The van der Waals surface area contributed by atoms with E-state index in [9.17, 15) is 4.79 Å². The number of carbonyl (C=O) groups excluding carboxylic acids is 1. The van der Waals surface area contributed by atoms with Crippen molar-refractivity contribution in [1.29, 1.82) is 0 Å². The molecule has 2 N–H and O–H groups in total. The number of nitrogens with one attached hydrogen (secondary N) is 2. The Balaban J connectivity index is 1.40. The minimum atomic E-state index is -0.273. The van der Waals surface area contributed by atoms with E-state index in [1.807, 2.05) is 55.5 Å². The standard InChI is InChI=1S/C18H18N6O/c1-13-21-15-7-3-4-8-16(15)23(13)11-10-19-18(25)22-24-12-20-14-6-2-5-9-17(14)24/h2-9,12H,10-11H2,1H3,(H2,19,22,25). The highest BCUT2D eigenvalue weighted by Crippen LogP contribution is 2.14. The fourth-order valence-electron chi connectivity index (χ4n) is 2.96. The van der Waals surface area contributed by atoms with Gasteiger partial charge in [-0.25, -0.2) is 24.9 Å². The normalized spacial score (nSPS) is 11.1. The van der Waals surface area contributed by atoms with Crippen LogP contribution >= 0.6 is 0 Å². The van der Waals surface area contributed by atoms with Gasteiger partial charge in [-0.15, -0.1) is 0 Å². The zero-order valence-corrected chi connectivity index (χ0v) is 13.8. The first-order valence-corrected chi connectivity index (χ1v) is 8.11. The Morgan fingerprint density at radius 1 is 1.04 bits per heavy atom. The van der Waals surface area contributed by atoms with Gasteiger partial charge in [0.25, 0.3) is 0 Å². The van der Waals surface area contributed by atoms with Crippen LogP contribution in [0.1, 0.15) is 5.82 Å². The van der Waals surface area contributed by atoms with Crippen LogP contribution < -0.4 is 10.7 Å². The highest BCUT2D eigenvalue weighted by Gasteiger charge is 2.08. The third kappa shape index (κ3) is 2.91. The summed E-state index contributed by atoms with van der Waals surface area (Å²) in [7, 11) is 0. The van der Waals surface area contributed by atoms with Crippen molar-refractivity contribution in [3.8, 4) is 0 Å². The number of imidazole rings is 2. The predicted molar refractivity (Wildman–Crippen MR) is 97.0 cm³/mol. The molecule has 0 atom stereocenters. The summed E-state index contributed by atoms with van der Waals surface area (Å²) in [5, 5.41) is 2.87. The lowest BCUT2D eigenvalue weighted by Gasteiger charge is -2.10. The van der Waals surface area contributed by atoms with Gasteiger partial charge in [0, 0.05) is 13.1 Å². The van der Waals surface area contributed by atoms with Crippen molar-refractivity contribution >= 4 is 28.1 Å². The highest BCUT2D eigenvalue weighted by molar-refractivity contribution is 5.85. The highest BCUT2D eigenvalue weighted by atomic mass is 16.2. The third-order valence-electron chi connectivity index (χ3n) is 4.14. The van der Waals surface area contributed by atoms with E-state index >= 15 is 0 Å². The Labute approximate surface area is 144 Å². The number of aromatic nitrogens is 4. The number of nitrogens with zero attached hydrogens (tertiary/aromatic N) is 4. The lowest BCUT2D eigenvalue weighted by molar-refractivity contribution is 0.249. The van der Waals surface area contributed by atoms with Crippen molar-refractivity contribution in [3.05, 3.63) is 60.7 Å². The molecular formula is C18H18N6O. The fourth-order valence-corrected chi connectivity index (χ4v) is 2.96. The topological polar surface area (TPSA) is 76.8 Å². The average molecular weight is 334 g/mol. The molecule has 0 saturated heterocycles. The van der Waals surface area contributed by atoms with E-state index in [-0.39, 0.29) is 6.03 Å². The van der Waals surface area contributed by atoms with Gasteiger partial charge in [0.2, 0.25) is 0 Å². The molecule has 0 aliphatic rings. The Hall–Kier alpha value is -3.35. The second-order valence-electron chi connectivity index (χ2n) is 5.77. The maximum Gasteiger partial charge on any atom is 0.334 e. The number of fused-ring (bicyclic) bond motifs is 2. The van der Waals surface area contributed by atoms with Gasteiger partial charge < -0.3 is 9.88 Å². The van der Waals surface area contributed by atoms with Crippen LogP contribution in [0.5, 0.6) is 0 Å². The molecule has 0 aliphatic heterocycles. The van der Waals surface area contributed by atoms with Crippen LogP contribution in [0.15, 0.2) is 54.9 Å². The molecule has 4 aromatic rings. The summed E-state index contributed by atoms with van der Waals surface area (Å²) in [5.41, 5.74) is 6.51. The van der Waals surface area contributed by atoms with Gasteiger partial charge in [0.05, 0.1) is 22.1 Å². The van der Waals surface area contributed by atoms with Gasteiger partial charge in [0.15, 0.2) is 0 Å². The van der Waals surface area contributed by atoms with Crippen molar-refractivity contribution in [2.24, 2.45) is 0 Å². The molecule has 0 saturated carbocycles. The zero-order valence-electron chi connectivity index (χ0n) is 13.8. The van der Waals surface area contributed by atoms with E-state index in [4.69, 9.17) is 0 Å². The predicted octanol–water partition coefficient (Wildman–Crippen LogP) is 2.65. The van der Waals surface area contributed by atoms with Crippen molar-refractivity contribution in [3.63, 3.8) is 0 Å². The van der Waals surface area contributed by atoms with E-state index in [1.165, 1.54) is 0 Å². The summed E-state index contributed by atoms with van der Waals surface area (Å²) in [5.74, 6) is 0.934. The van der Waals surface area contributed by atoms with E-state index < -0.39 is 0 Å². The van der Waals surface area contributed by atoms with Crippen molar-refractivity contribution in [2.75, 3.05) is 12.0 Å². The minimum Gasteiger partial charge on any atom is -0.335 e. The molecule has 2 aromatic heterocycles. The summed E-state index contributed by atoms with van der Waals surface area (Å²) in [6.45, 7) is 3.13. The van der Waals surface area contributed by atoms with E-state index in [0.717, 1.165) is 27.9 Å². The Morgan fingerprint density at radius 3 is 2.60 bits per heavy atom. The monoisotopic (exact) mass is 334 g/mol. The molecule has 2 heterocycles. The summed E-state index contributed by atoms with van der Waals surface area (Å²) in [4.78, 5) is 20.9. The Kier molecular flexibility index (Phi) is 3.81. The van der Waals surface area contributed by atoms with Crippen molar-refractivity contribution in [2.45, 2.75) is 13.5 Å². The Bertz CT molecular complexity index is 1050. The molecule has 2 amide bonds. The smallest absolute Gasteiger partial charge is 0.334 e. The van der Waals surface area contributed by atoms with E-state index in [2.05, 4.69) is 25.3 Å². The number of hydrogen-bond acceptors (Lipinski definition) is 3. The maximum absolute atomic E-state index is 12.1. The molecule has 0 aliphatic carbocycles. The van der Waals surface area contributed by atoms with Crippen LogP contribution in [-0.4, -0.2) is 31.8 Å². The van der Waals surface area contributed by atoms with Crippen molar-refractivity contribution < 1.29 is 4.79 Å². The Morgan fingerprint density at radius 2 is 1.76 bits per heavy atom. The third-order valence-corrected chi connectivity index (χ3v) is 4.14. The largest absolute Gasteiger partial charge is 0.335 e. The molecule has 0 spiro atoms. The average Bonchev–Trinajstić information content (AvgIpc) is 3.16. The number of benzene rings is 2. The first-order valence-electron chi connectivity index (χ1n) is 8.11. The van der Waals surface area contributed by atoms with Gasteiger partial charge in [0.1, 0.15) is 12.2 Å². The van der Waals surface area contributed by atoms with Crippen LogP contribution in [0, 0.1) is 6.92 Å². The minimum absolute atomic E-state index is 0.273. The number of para-hydroxylation sites is 4. The van der Waals surface area contributed by atoms with Gasteiger partial charge in [-0.2, -0.15) is 0 Å². The second-order valence-corrected chi connectivity index (χ2v) is 5.77. The van der Waals surface area contributed by atoms with Crippen LogP contribution in [0.3, 0.4) is 0 Å². The number of amides is 2. The number of hydrogen-bond donors (Lipinski definition) is 2. The fraction of sp³-hybridized carbons (Fsp3) is 0.167. The van der Waals surface area contributed by atoms with E-state index in [1.54, 1.807) is 11.0 Å². The van der Waals surface area contributed by atoms with Crippen LogP contribution in [0.2, 0.25) is 0 Å². The van der Waals surface area contributed by atoms with Gasteiger partial charge in [-0.1, -0.05) is 24.3 Å². The molecule has 0 bridgehead atoms. The van der Waals surface area contributed by atoms with Crippen LogP contribution in [0.25, 0.3) is 22.1 Å².